The van der Waals surface area contributed by atoms with E-state index in [-0.39, 0.29) is 25.1 Å². The summed E-state index contributed by atoms with van der Waals surface area (Å²) in [6.45, 7) is 1.28. The number of benzene rings is 2. The lowest BCUT2D eigenvalue weighted by molar-refractivity contribution is -0.147. The summed E-state index contributed by atoms with van der Waals surface area (Å²) in [7, 11) is 0. The van der Waals surface area contributed by atoms with E-state index in [1.165, 1.54) is 0 Å². The molecule has 0 unspecified atom stereocenters. The molecule has 1 saturated carbocycles. The second kappa shape index (κ2) is 9.73. The minimum atomic E-state index is -0.670. The molecule has 7 nitrogen and oxygen atoms in total. The van der Waals surface area contributed by atoms with Gasteiger partial charge in [-0.2, -0.15) is 0 Å². The minimum Gasteiger partial charge on any atom is -0.457 e. The van der Waals surface area contributed by atoms with E-state index < -0.39 is 11.9 Å². The van der Waals surface area contributed by atoms with Gasteiger partial charge in [0.25, 0.3) is 11.8 Å². The van der Waals surface area contributed by atoms with Gasteiger partial charge in [-0.3, -0.25) is 14.4 Å². The average molecular weight is 396 g/mol. The molecular weight excluding hydrogens is 372 g/mol. The molecule has 29 heavy (non-hydrogen) atoms. The Kier molecular flexibility index (Phi) is 6.84. The van der Waals surface area contributed by atoms with Crippen LogP contribution in [-0.2, 0) is 14.3 Å². The highest BCUT2D eigenvalue weighted by atomic mass is 16.5. The molecule has 1 aliphatic carbocycles. The second-order valence-corrected chi connectivity index (χ2v) is 6.98. The zero-order chi connectivity index (χ0) is 20.6. The minimum absolute atomic E-state index is 0.0924. The predicted molar refractivity (Wildman–Crippen MR) is 107 cm³/mol. The first-order chi connectivity index (χ1) is 14.0. The van der Waals surface area contributed by atoms with Crippen molar-refractivity contribution >= 4 is 17.8 Å². The molecule has 0 aromatic heterocycles. The molecule has 0 bridgehead atoms. The van der Waals surface area contributed by atoms with Crippen LogP contribution in [0.1, 0.15) is 30.1 Å². The van der Waals surface area contributed by atoms with Crippen LogP contribution in [0.4, 0.5) is 0 Å². The van der Waals surface area contributed by atoms with Gasteiger partial charge in [0.2, 0.25) is 0 Å². The van der Waals surface area contributed by atoms with Crippen molar-refractivity contribution in [1.82, 2.24) is 10.6 Å². The number of carbonyl (C=O) groups excluding carboxylic acids is 3. The van der Waals surface area contributed by atoms with E-state index in [1.54, 1.807) is 24.3 Å². The standard InChI is InChI=1S/C22H24N2O5/c1-15(16-7-8-16)24-20(25)14-28-21(26)13-23-22(27)17-9-11-19(12-10-17)29-18-5-3-2-4-6-18/h2-6,9-12,15-16H,7-8,13-14H2,1H3,(H,23,27)(H,24,25)/t15-/m1/s1. The van der Waals surface area contributed by atoms with E-state index >= 15 is 0 Å². The maximum absolute atomic E-state index is 12.1. The molecule has 2 amide bonds. The van der Waals surface area contributed by atoms with E-state index in [0.717, 1.165) is 12.8 Å². The van der Waals surface area contributed by atoms with Gasteiger partial charge in [-0.15, -0.1) is 0 Å². The summed E-state index contributed by atoms with van der Waals surface area (Å²) in [6, 6.07) is 15.9. The monoisotopic (exact) mass is 396 g/mol. The summed E-state index contributed by atoms with van der Waals surface area (Å²) in [5.74, 6) is 0.398. The summed E-state index contributed by atoms with van der Waals surface area (Å²) >= 11 is 0. The van der Waals surface area contributed by atoms with E-state index in [4.69, 9.17) is 9.47 Å². The van der Waals surface area contributed by atoms with Crippen LogP contribution in [0, 0.1) is 5.92 Å². The highest BCUT2D eigenvalue weighted by molar-refractivity contribution is 5.96. The molecule has 7 heteroatoms. The van der Waals surface area contributed by atoms with Gasteiger partial charge in [-0.05, 0) is 62.1 Å². The third kappa shape index (κ3) is 6.64. The average Bonchev–Trinajstić information content (AvgIpc) is 3.57. The van der Waals surface area contributed by atoms with Crippen LogP contribution < -0.4 is 15.4 Å². The van der Waals surface area contributed by atoms with Crippen molar-refractivity contribution < 1.29 is 23.9 Å². The Morgan fingerprint density at radius 3 is 2.31 bits per heavy atom. The highest BCUT2D eigenvalue weighted by Gasteiger charge is 2.28. The quantitative estimate of drug-likeness (QED) is 0.636. The zero-order valence-electron chi connectivity index (χ0n) is 16.2. The van der Waals surface area contributed by atoms with Crippen LogP contribution in [0.25, 0.3) is 0 Å². The predicted octanol–water partition coefficient (Wildman–Crippen LogP) is 2.67. The number of hydrogen-bond acceptors (Lipinski definition) is 5. The Morgan fingerprint density at radius 1 is 1.00 bits per heavy atom. The first-order valence-electron chi connectivity index (χ1n) is 9.57. The summed E-state index contributed by atoms with van der Waals surface area (Å²) in [6.07, 6.45) is 2.24. The van der Waals surface area contributed by atoms with Crippen molar-refractivity contribution in [3.8, 4) is 11.5 Å². The molecule has 1 aliphatic rings. The fraction of sp³-hybridized carbons (Fsp3) is 0.318. The third-order valence-electron chi connectivity index (χ3n) is 4.57. The number of rotatable bonds is 9. The SMILES string of the molecule is C[C@@H](NC(=O)COC(=O)CNC(=O)c1ccc(Oc2ccccc2)cc1)C1CC1. The number of ether oxygens (including phenoxy) is 2. The second-order valence-electron chi connectivity index (χ2n) is 6.98. The van der Waals surface area contributed by atoms with E-state index in [1.807, 2.05) is 37.3 Å². The molecule has 0 spiro atoms. The number of esters is 1. The first kappa shape index (κ1) is 20.4. The van der Waals surface area contributed by atoms with Crippen LogP contribution >= 0.6 is 0 Å². The van der Waals surface area contributed by atoms with Crippen molar-refractivity contribution in [3.63, 3.8) is 0 Å². The fourth-order valence-corrected chi connectivity index (χ4v) is 2.76. The number of hydrogen-bond donors (Lipinski definition) is 2. The fourth-order valence-electron chi connectivity index (χ4n) is 2.76. The molecule has 1 fully saturated rings. The number of nitrogens with one attached hydrogen (secondary N) is 2. The van der Waals surface area contributed by atoms with Crippen LogP contribution in [0.2, 0.25) is 0 Å². The van der Waals surface area contributed by atoms with Crippen molar-refractivity contribution in [1.29, 1.82) is 0 Å². The van der Waals surface area contributed by atoms with Crippen molar-refractivity contribution in [2.75, 3.05) is 13.2 Å². The van der Waals surface area contributed by atoms with Crippen LogP contribution in [0.5, 0.6) is 11.5 Å². The van der Waals surface area contributed by atoms with Crippen LogP contribution in [-0.4, -0.2) is 37.0 Å². The van der Waals surface area contributed by atoms with Gasteiger partial charge in [-0.1, -0.05) is 18.2 Å². The van der Waals surface area contributed by atoms with Gasteiger partial charge in [0, 0.05) is 11.6 Å². The van der Waals surface area contributed by atoms with Gasteiger partial charge in [0.05, 0.1) is 0 Å². The molecular formula is C22H24N2O5. The third-order valence-corrected chi connectivity index (χ3v) is 4.57. The topological polar surface area (TPSA) is 93.7 Å². The van der Waals surface area contributed by atoms with Gasteiger partial charge >= 0.3 is 5.97 Å². The van der Waals surface area contributed by atoms with Crippen LogP contribution in [0.3, 0.4) is 0 Å². The van der Waals surface area contributed by atoms with Gasteiger partial charge in [0.1, 0.15) is 18.0 Å². The number of para-hydroxylation sites is 1. The Morgan fingerprint density at radius 2 is 1.66 bits per heavy atom. The molecule has 0 heterocycles. The number of amides is 2. The Hall–Kier alpha value is -3.35. The highest BCUT2D eigenvalue weighted by Crippen LogP contribution is 2.32. The normalized spacial score (nSPS) is 13.8. The Balaban J connectivity index is 1.38. The van der Waals surface area contributed by atoms with Crippen LogP contribution in [0.15, 0.2) is 54.6 Å². The van der Waals surface area contributed by atoms with E-state index in [2.05, 4.69) is 10.6 Å². The number of carbonyl (C=O) groups is 3. The largest absolute Gasteiger partial charge is 0.457 e. The van der Waals surface area contributed by atoms with Gasteiger partial charge in [0.15, 0.2) is 6.61 Å². The van der Waals surface area contributed by atoms with Gasteiger partial charge < -0.3 is 20.1 Å². The molecule has 3 rings (SSSR count). The zero-order valence-corrected chi connectivity index (χ0v) is 16.2. The van der Waals surface area contributed by atoms with Gasteiger partial charge in [-0.25, -0.2) is 0 Å². The Bertz CT molecular complexity index is 847. The molecule has 152 valence electrons. The maximum Gasteiger partial charge on any atom is 0.325 e. The van der Waals surface area contributed by atoms with E-state index in [0.29, 0.717) is 23.0 Å². The molecule has 0 radical (unpaired) electrons. The van der Waals surface area contributed by atoms with Crippen molar-refractivity contribution in [2.24, 2.45) is 5.92 Å². The molecule has 2 N–H and O–H groups in total. The summed E-state index contributed by atoms with van der Waals surface area (Å²) < 4.78 is 10.6. The lowest BCUT2D eigenvalue weighted by Gasteiger charge is -2.12. The van der Waals surface area contributed by atoms with Crippen molar-refractivity contribution in [2.45, 2.75) is 25.8 Å². The smallest absolute Gasteiger partial charge is 0.325 e. The maximum atomic E-state index is 12.1. The lowest BCUT2D eigenvalue weighted by atomic mass is 10.2. The molecule has 0 aliphatic heterocycles. The lowest BCUT2D eigenvalue weighted by Crippen LogP contribution is -2.38. The molecule has 0 saturated heterocycles. The molecule has 2 aromatic rings. The summed E-state index contributed by atoms with van der Waals surface area (Å²) in [5.41, 5.74) is 0.384. The Labute approximate surface area is 169 Å². The van der Waals surface area contributed by atoms with Crippen molar-refractivity contribution in [3.05, 3.63) is 60.2 Å². The summed E-state index contributed by atoms with van der Waals surface area (Å²) in [5, 5.41) is 5.27. The van der Waals surface area contributed by atoms with E-state index in [9.17, 15) is 14.4 Å². The molecule has 1 atom stereocenters. The summed E-state index contributed by atoms with van der Waals surface area (Å²) in [4.78, 5) is 35.6. The molecule has 2 aromatic carbocycles. The first-order valence-corrected chi connectivity index (χ1v) is 9.57.